The molecule has 0 saturated carbocycles. The molecule has 0 aliphatic carbocycles. The van der Waals surface area contributed by atoms with Crippen molar-refractivity contribution in [2.75, 3.05) is 0 Å². The second-order valence-corrected chi connectivity index (χ2v) is 28.6. The predicted octanol–water partition coefficient (Wildman–Crippen LogP) is 27.9. The topological polar surface area (TPSA) is 46.0 Å². The molecule has 0 atom stereocenters. The Morgan fingerprint density at radius 3 is 1.03 bits per heavy atom. The van der Waals surface area contributed by atoms with Gasteiger partial charge in [-0.1, -0.05) is 231 Å². The Bertz CT molecular complexity index is 7660. The highest BCUT2D eigenvalue weighted by molar-refractivity contribution is 6.18. The zero-order valence-corrected chi connectivity index (χ0v) is 58.4. The Kier molecular flexibility index (Phi) is 13.1. The van der Waals surface area contributed by atoms with E-state index in [-0.39, 0.29) is 0 Å². The molecule has 23 rings (SSSR count). The van der Waals surface area contributed by atoms with E-state index in [2.05, 4.69) is 376 Å². The van der Waals surface area contributed by atoms with E-state index in [4.69, 9.17) is 8.83 Å². The number of benzene rings is 17. The largest absolute Gasteiger partial charge is 0.456 e. The van der Waals surface area contributed by atoms with E-state index in [0.717, 1.165) is 122 Å². The Balaban J connectivity index is 0.592. The lowest BCUT2D eigenvalue weighted by Gasteiger charge is -2.14. The minimum atomic E-state index is 0.890. The first-order valence-electron chi connectivity index (χ1n) is 37.0. The quantitative estimate of drug-likeness (QED) is 0.137. The maximum atomic E-state index is 6.69. The van der Waals surface area contributed by atoms with Gasteiger partial charge in [0.25, 0.3) is 0 Å². The standard InChI is InChI=1S/C102H62N4O2/c1-2-20-71(21-3-1)103-90-33-11-6-25-79(90)85-60-67(43-52-93(85)103)68-46-55-96-88(61-68)89-62-70(78-31-17-32-83-82-28-9-14-36-98(82)108-102(78)83)47-56-97(89)106(96)74-22-16-19-69(57-74)76-24-5-4-23-75(76)63-39-48-72(49-40-63)104-91-34-12-7-26-80(91)86-58-65(44-53-94(86)104)66-45-54-95-87(59-66)81-27-8-13-35-92(81)105(95)73-50-41-64(42-51-73)77-30-18-38-100-101(77)84-29-10-15-37-99(84)107-100/h1-62H. The van der Waals surface area contributed by atoms with Gasteiger partial charge in [-0.15, -0.1) is 0 Å². The summed E-state index contributed by atoms with van der Waals surface area (Å²) >= 11 is 0. The molecule has 108 heavy (non-hydrogen) atoms. The van der Waals surface area contributed by atoms with Crippen LogP contribution >= 0.6 is 0 Å². The fourth-order valence-corrected chi connectivity index (χ4v) is 17.9. The van der Waals surface area contributed by atoms with Crippen LogP contribution in [0.2, 0.25) is 0 Å². The highest BCUT2D eigenvalue weighted by Gasteiger charge is 2.23. The second-order valence-electron chi connectivity index (χ2n) is 28.6. The summed E-state index contributed by atoms with van der Waals surface area (Å²) in [6.45, 7) is 0. The smallest absolute Gasteiger partial charge is 0.143 e. The van der Waals surface area contributed by atoms with E-state index < -0.39 is 0 Å². The van der Waals surface area contributed by atoms with Crippen LogP contribution < -0.4 is 0 Å². The van der Waals surface area contributed by atoms with Crippen LogP contribution in [0.5, 0.6) is 0 Å². The number of furan rings is 2. The average molecular weight is 1380 g/mol. The van der Waals surface area contributed by atoms with Crippen molar-refractivity contribution in [2.24, 2.45) is 0 Å². The molecule has 0 amide bonds. The van der Waals surface area contributed by atoms with Gasteiger partial charge < -0.3 is 27.1 Å². The molecule has 6 heterocycles. The summed E-state index contributed by atoms with van der Waals surface area (Å²) in [5.74, 6) is 0. The Labute approximate surface area is 619 Å². The van der Waals surface area contributed by atoms with Crippen LogP contribution in [0.25, 0.3) is 221 Å². The average Bonchev–Trinajstić information content (AvgIpc) is 1.59. The lowest BCUT2D eigenvalue weighted by Crippen LogP contribution is -1.95. The van der Waals surface area contributed by atoms with Gasteiger partial charge in [-0.25, -0.2) is 0 Å². The zero-order valence-electron chi connectivity index (χ0n) is 58.4. The lowest BCUT2D eigenvalue weighted by molar-refractivity contribution is 0.669. The van der Waals surface area contributed by atoms with E-state index >= 15 is 0 Å². The Hall–Kier alpha value is -14.5. The molecule has 0 aliphatic rings. The van der Waals surface area contributed by atoms with Crippen LogP contribution in [0.15, 0.2) is 385 Å². The van der Waals surface area contributed by atoms with Gasteiger partial charge >= 0.3 is 0 Å². The summed E-state index contributed by atoms with van der Waals surface area (Å²) in [7, 11) is 0. The normalized spacial score (nSPS) is 12.1. The summed E-state index contributed by atoms with van der Waals surface area (Å²) in [5, 5.41) is 14.2. The fraction of sp³-hybridized carbons (Fsp3) is 0. The van der Waals surface area contributed by atoms with Crippen molar-refractivity contribution in [2.45, 2.75) is 0 Å². The Morgan fingerprint density at radius 1 is 0.157 bits per heavy atom. The maximum Gasteiger partial charge on any atom is 0.143 e. The number of hydrogen-bond acceptors (Lipinski definition) is 2. The van der Waals surface area contributed by atoms with Crippen LogP contribution in [0.3, 0.4) is 0 Å². The molecule has 0 bridgehead atoms. The number of para-hydroxylation sites is 7. The summed E-state index contributed by atoms with van der Waals surface area (Å²) in [5.41, 5.74) is 31.1. The molecular formula is C102H62N4O2. The van der Waals surface area contributed by atoms with Crippen LogP contribution in [0, 0.1) is 0 Å². The van der Waals surface area contributed by atoms with E-state index in [1.165, 1.54) is 98.5 Å². The fourth-order valence-electron chi connectivity index (χ4n) is 17.9. The third kappa shape index (κ3) is 9.14. The number of fused-ring (bicyclic) bond motifs is 18. The molecule has 0 radical (unpaired) electrons. The summed E-state index contributed by atoms with van der Waals surface area (Å²) in [6.07, 6.45) is 0. The molecule has 6 nitrogen and oxygen atoms in total. The van der Waals surface area contributed by atoms with Gasteiger partial charge in [0.05, 0.1) is 44.1 Å². The predicted molar refractivity (Wildman–Crippen MR) is 451 cm³/mol. The summed E-state index contributed by atoms with van der Waals surface area (Å²) in [6, 6.07) is 138. The molecule has 6 aromatic heterocycles. The second kappa shape index (κ2) is 23.5. The minimum absolute atomic E-state index is 0.890. The third-order valence-electron chi connectivity index (χ3n) is 22.8. The molecule has 502 valence electrons. The number of hydrogen-bond donors (Lipinski definition) is 0. The number of rotatable bonds is 10. The molecule has 6 heteroatoms. The van der Waals surface area contributed by atoms with Gasteiger partial charge in [0.2, 0.25) is 0 Å². The first kappa shape index (κ1) is 60.0. The summed E-state index contributed by atoms with van der Waals surface area (Å²) < 4.78 is 22.6. The molecule has 0 spiro atoms. The van der Waals surface area contributed by atoms with Gasteiger partial charge in [-0.3, -0.25) is 0 Å². The first-order valence-corrected chi connectivity index (χ1v) is 37.0. The van der Waals surface area contributed by atoms with Crippen molar-refractivity contribution in [3.05, 3.63) is 376 Å². The first-order chi connectivity index (χ1) is 53.5. The molecule has 23 aromatic rings. The van der Waals surface area contributed by atoms with Crippen molar-refractivity contribution >= 4 is 131 Å². The molecule has 0 N–H and O–H groups in total. The molecule has 17 aromatic carbocycles. The van der Waals surface area contributed by atoms with Crippen molar-refractivity contribution in [1.82, 2.24) is 18.3 Å². The molecule has 0 saturated heterocycles. The van der Waals surface area contributed by atoms with Crippen LogP contribution in [0.1, 0.15) is 0 Å². The molecule has 0 unspecified atom stereocenters. The molecule has 0 fully saturated rings. The van der Waals surface area contributed by atoms with Crippen molar-refractivity contribution in [3.8, 4) is 89.5 Å². The van der Waals surface area contributed by atoms with E-state index in [0.29, 0.717) is 0 Å². The summed E-state index contributed by atoms with van der Waals surface area (Å²) in [4.78, 5) is 0. The molecular weight excluding hydrogens is 1310 g/mol. The third-order valence-corrected chi connectivity index (χ3v) is 22.8. The van der Waals surface area contributed by atoms with Gasteiger partial charge in [0.1, 0.15) is 22.3 Å². The van der Waals surface area contributed by atoms with Crippen molar-refractivity contribution in [1.29, 1.82) is 0 Å². The zero-order chi connectivity index (χ0) is 70.7. The van der Waals surface area contributed by atoms with Crippen LogP contribution in [0.4, 0.5) is 0 Å². The minimum Gasteiger partial charge on any atom is -0.456 e. The van der Waals surface area contributed by atoms with E-state index in [1.54, 1.807) is 0 Å². The van der Waals surface area contributed by atoms with Crippen LogP contribution in [-0.4, -0.2) is 18.3 Å². The maximum absolute atomic E-state index is 6.69. The van der Waals surface area contributed by atoms with Gasteiger partial charge in [0.15, 0.2) is 0 Å². The van der Waals surface area contributed by atoms with E-state index in [9.17, 15) is 0 Å². The van der Waals surface area contributed by atoms with Gasteiger partial charge in [-0.05, 0) is 207 Å². The highest BCUT2D eigenvalue weighted by atomic mass is 16.3. The van der Waals surface area contributed by atoms with Gasteiger partial charge in [-0.2, -0.15) is 0 Å². The number of aromatic nitrogens is 4. The van der Waals surface area contributed by atoms with Crippen molar-refractivity contribution < 1.29 is 8.83 Å². The Morgan fingerprint density at radius 2 is 0.481 bits per heavy atom. The van der Waals surface area contributed by atoms with Crippen molar-refractivity contribution in [3.63, 3.8) is 0 Å². The SMILES string of the molecule is c1ccc(-n2c3ccccc3c3cc(-c4ccc5c(c4)c4cc(-c6cccc7c6oc6ccccc67)ccc4n5-c4cccc(-c5ccccc5-c5ccc(-n6c7ccccc7c7cc(-c8ccc9c(c8)c8ccccc8n9-c8ccc(-c9cccc%10oc%11ccccc%11c9%10)cc8)ccc76)cc5)c4)ccc32)cc1. The van der Waals surface area contributed by atoms with E-state index in [1.807, 2.05) is 18.2 Å². The number of nitrogens with zero attached hydrogens (tertiary/aromatic N) is 4. The highest BCUT2D eigenvalue weighted by Crippen LogP contribution is 2.46. The van der Waals surface area contributed by atoms with Crippen LogP contribution in [-0.2, 0) is 0 Å². The lowest BCUT2D eigenvalue weighted by atomic mass is 9.94. The molecule has 0 aliphatic heterocycles. The monoisotopic (exact) mass is 1370 g/mol. The van der Waals surface area contributed by atoms with Gasteiger partial charge in [0, 0.05) is 92.9 Å².